The Morgan fingerprint density at radius 3 is 2.58 bits per heavy atom. The summed E-state index contributed by atoms with van der Waals surface area (Å²) < 4.78 is 16.6. The number of nitrogens with zero attached hydrogens (tertiary/aromatic N) is 1. The Kier molecular flexibility index (Phi) is 5.70. The molecule has 0 spiro atoms. The molecule has 0 amide bonds. The highest BCUT2D eigenvalue weighted by Crippen LogP contribution is 2.44. The van der Waals surface area contributed by atoms with Gasteiger partial charge < -0.3 is 14.2 Å². The fourth-order valence-corrected chi connectivity index (χ4v) is 4.32. The van der Waals surface area contributed by atoms with E-state index in [9.17, 15) is 10.1 Å². The molecule has 1 aromatic rings. The number of benzene rings is 1. The van der Waals surface area contributed by atoms with E-state index in [2.05, 4.69) is 6.07 Å². The monoisotopic (exact) mass is 357 g/mol. The van der Waals surface area contributed by atoms with E-state index in [0.29, 0.717) is 17.9 Å². The van der Waals surface area contributed by atoms with Gasteiger partial charge in [0.2, 0.25) is 0 Å². The number of ether oxygens (including phenoxy) is 3. The Labute approximate surface area is 155 Å². The fourth-order valence-electron chi connectivity index (χ4n) is 4.32. The first-order valence-electron chi connectivity index (χ1n) is 9.46. The molecule has 2 aliphatic rings. The van der Waals surface area contributed by atoms with Crippen molar-refractivity contribution in [3.63, 3.8) is 0 Å². The van der Waals surface area contributed by atoms with Crippen molar-refractivity contribution in [2.24, 2.45) is 5.92 Å². The van der Waals surface area contributed by atoms with Gasteiger partial charge in [-0.05, 0) is 62.6 Å². The van der Waals surface area contributed by atoms with Crippen LogP contribution in [-0.4, -0.2) is 26.3 Å². The lowest BCUT2D eigenvalue weighted by Crippen LogP contribution is -2.35. The third-order valence-corrected chi connectivity index (χ3v) is 5.81. The molecular weight excluding hydrogens is 330 g/mol. The van der Waals surface area contributed by atoms with Crippen LogP contribution in [0.25, 0.3) is 0 Å². The van der Waals surface area contributed by atoms with Crippen LogP contribution in [0.5, 0.6) is 11.5 Å². The molecule has 5 heteroatoms. The van der Waals surface area contributed by atoms with Crippen LogP contribution in [0.1, 0.15) is 56.9 Å². The van der Waals surface area contributed by atoms with Crippen molar-refractivity contribution in [1.82, 2.24) is 0 Å². The smallest absolute Gasteiger partial charge is 0.308 e. The average Bonchev–Trinajstić information content (AvgIpc) is 3.20. The summed E-state index contributed by atoms with van der Waals surface area (Å²) in [5.41, 5.74) is 0.222. The number of carbonyl (C=O) groups excluding carboxylic acids is 1. The molecule has 26 heavy (non-hydrogen) atoms. The van der Waals surface area contributed by atoms with Crippen LogP contribution < -0.4 is 9.47 Å². The van der Waals surface area contributed by atoms with Crippen molar-refractivity contribution in [2.75, 3.05) is 14.2 Å². The van der Waals surface area contributed by atoms with Crippen molar-refractivity contribution in [2.45, 2.75) is 62.9 Å². The summed E-state index contributed by atoms with van der Waals surface area (Å²) in [6.45, 7) is 0. The first-order chi connectivity index (χ1) is 12.6. The molecule has 0 aromatic heterocycles. The molecule has 2 saturated carbocycles. The predicted molar refractivity (Wildman–Crippen MR) is 97.1 cm³/mol. The van der Waals surface area contributed by atoms with E-state index in [1.807, 2.05) is 18.2 Å². The molecule has 0 bridgehead atoms. The van der Waals surface area contributed by atoms with Gasteiger partial charge in [-0.1, -0.05) is 12.5 Å². The molecular formula is C21H27NO4. The Hall–Kier alpha value is -2.22. The highest BCUT2D eigenvalue weighted by Gasteiger charge is 2.41. The standard InChI is InChI=1S/C21H27NO4/c1-24-18-10-9-16(12-19(18)26-17-7-3-4-8-17)21(14-22)11-5-6-15(13-21)20(23)25-2/h9-10,12,15,17H,3-8,11,13H2,1-2H3. The molecule has 2 atom stereocenters. The van der Waals surface area contributed by atoms with Crippen molar-refractivity contribution < 1.29 is 19.0 Å². The minimum atomic E-state index is -0.683. The topological polar surface area (TPSA) is 68.6 Å². The fraction of sp³-hybridized carbons (Fsp3) is 0.619. The molecule has 5 nitrogen and oxygen atoms in total. The van der Waals surface area contributed by atoms with E-state index in [1.54, 1.807) is 7.11 Å². The van der Waals surface area contributed by atoms with E-state index in [-0.39, 0.29) is 18.0 Å². The third kappa shape index (κ3) is 3.65. The molecule has 140 valence electrons. The van der Waals surface area contributed by atoms with Crippen LogP contribution in [0.3, 0.4) is 0 Å². The average molecular weight is 357 g/mol. The Balaban J connectivity index is 1.90. The van der Waals surface area contributed by atoms with Crippen LogP contribution in [0.15, 0.2) is 18.2 Å². The highest BCUT2D eigenvalue weighted by molar-refractivity contribution is 5.73. The summed E-state index contributed by atoms with van der Waals surface area (Å²) in [5.74, 6) is 0.941. The van der Waals surface area contributed by atoms with Crippen molar-refractivity contribution in [3.05, 3.63) is 23.8 Å². The second kappa shape index (κ2) is 7.99. The molecule has 0 saturated heterocycles. The number of esters is 1. The van der Waals surface area contributed by atoms with Gasteiger partial charge in [0.25, 0.3) is 0 Å². The lowest BCUT2D eigenvalue weighted by atomic mass is 9.66. The summed E-state index contributed by atoms with van der Waals surface area (Å²) in [6, 6.07) is 8.25. The summed E-state index contributed by atoms with van der Waals surface area (Å²) in [6.07, 6.45) is 7.55. The van der Waals surface area contributed by atoms with Crippen LogP contribution in [0.2, 0.25) is 0 Å². The van der Waals surface area contributed by atoms with Gasteiger partial charge in [-0.3, -0.25) is 4.79 Å². The molecule has 2 aliphatic carbocycles. The van der Waals surface area contributed by atoms with Gasteiger partial charge in [-0.2, -0.15) is 5.26 Å². The van der Waals surface area contributed by atoms with Gasteiger partial charge in [0.05, 0.1) is 37.7 Å². The molecule has 0 heterocycles. The zero-order valence-corrected chi connectivity index (χ0v) is 15.6. The molecule has 0 N–H and O–H groups in total. The van der Waals surface area contributed by atoms with E-state index in [0.717, 1.165) is 37.7 Å². The van der Waals surface area contributed by atoms with Crippen LogP contribution in [0, 0.1) is 17.2 Å². The summed E-state index contributed by atoms with van der Waals surface area (Å²) in [4.78, 5) is 12.0. The number of hydrogen-bond donors (Lipinski definition) is 0. The number of rotatable bonds is 5. The van der Waals surface area contributed by atoms with Crippen molar-refractivity contribution >= 4 is 5.97 Å². The first kappa shape index (κ1) is 18.6. The number of hydrogen-bond acceptors (Lipinski definition) is 5. The first-order valence-corrected chi connectivity index (χ1v) is 9.46. The third-order valence-electron chi connectivity index (χ3n) is 5.81. The Morgan fingerprint density at radius 2 is 1.92 bits per heavy atom. The molecule has 1 aromatic carbocycles. The van der Waals surface area contributed by atoms with Gasteiger partial charge >= 0.3 is 5.97 Å². The highest BCUT2D eigenvalue weighted by atomic mass is 16.5. The van der Waals surface area contributed by atoms with E-state index in [4.69, 9.17) is 14.2 Å². The van der Waals surface area contributed by atoms with Gasteiger partial charge in [-0.25, -0.2) is 0 Å². The second-order valence-corrected chi connectivity index (χ2v) is 7.40. The maximum atomic E-state index is 12.0. The van der Waals surface area contributed by atoms with Crippen LogP contribution >= 0.6 is 0 Å². The van der Waals surface area contributed by atoms with Gasteiger partial charge in [0.15, 0.2) is 11.5 Å². The Morgan fingerprint density at radius 1 is 1.15 bits per heavy atom. The normalized spacial score (nSPS) is 26.1. The maximum absolute atomic E-state index is 12.0. The zero-order chi connectivity index (χ0) is 18.6. The van der Waals surface area contributed by atoms with Crippen LogP contribution in [0.4, 0.5) is 0 Å². The lowest BCUT2D eigenvalue weighted by Gasteiger charge is -2.35. The molecule has 0 aliphatic heterocycles. The molecule has 0 radical (unpaired) electrons. The van der Waals surface area contributed by atoms with Gasteiger partial charge in [0, 0.05) is 0 Å². The number of carbonyl (C=O) groups is 1. The minimum absolute atomic E-state index is 0.214. The minimum Gasteiger partial charge on any atom is -0.493 e. The molecule has 2 fully saturated rings. The quantitative estimate of drug-likeness (QED) is 0.741. The van der Waals surface area contributed by atoms with E-state index in [1.165, 1.54) is 20.0 Å². The van der Waals surface area contributed by atoms with Gasteiger partial charge in [-0.15, -0.1) is 0 Å². The largest absolute Gasteiger partial charge is 0.493 e. The summed E-state index contributed by atoms with van der Waals surface area (Å²) >= 11 is 0. The summed E-state index contributed by atoms with van der Waals surface area (Å²) in [5, 5.41) is 9.99. The number of nitriles is 1. The van der Waals surface area contributed by atoms with E-state index >= 15 is 0 Å². The molecule has 3 rings (SSSR count). The number of methoxy groups -OCH3 is 2. The maximum Gasteiger partial charge on any atom is 0.308 e. The SMILES string of the molecule is COC(=O)C1CCCC(C#N)(c2ccc(OC)c(OC3CCCC3)c2)C1. The van der Waals surface area contributed by atoms with Gasteiger partial charge in [0.1, 0.15) is 0 Å². The van der Waals surface area contributed by atoms with Crippen molar-refractivity contribution in [1.29, 1.82) is 5.26 Å². The lowest BCUT2D eigenvalue weighted by molar-refractivity contribution is -0.147. The Bertz CT molecular complexity index is 690. The molecule has 2 unspecified atom stereocenters. The zero-order valence-electron chi connectivity index (χ0n) is 15.6. The summed E-state index contributed by atoms with van der Waals surface area (Å²) in [7, 11) is 3.04. The predicted octanol–water partition coefficient (Wildman–Crippen LogP) is 4.14. The second-order valence-electron chi connectivity index (χ2n) is 7.40. The van der Waals surface area contributed by atoms with Crippen LogP contribution in [-0.2, 0) is 14.9 Å². The van der Waals surface area contributed by atoms with E-state index < -0.39 is 5.41 Å². The van der Waals surface area contributed by atoms with Crippen molar-refractivity contribution in [3.8, 4) is 17.6 Å².